The molecular weight excluding hydrogens is 242 g/mol. The standard InChI is InChI=1S/C14H27N3O2/c1-11(9-14(2,15-3)13(18)19)17-8-7-16-6-4-5-12(16)10-17/h11-12,15H,4-10H2,1-3H3,(H,18,19). The van der Waals surface area contributed by atoms with E-state index in [0.29, 0.717) is 18.5 Å². The first-order valence-corrected chi connectivity index (χ1v) is 7.36. The molecule has 3 unspecified atom stereocenters. The Balaban J connectivity index is 1.92. The van der Waals surface area contributed by atoms with E-state index in [1.807, 2.05) is 0 Å². The molecule has 0 aliphatic carbocycles. The van der Waals surface area contributed by atoms with Gasteiger partial charge in [-0.15, -0.1) is 0 Å². The largest absolute Gasteiger partial charge is 0.480 e. The van der Waals surface area contributed by atoms with Gasteiger partial charge >= 0.3 is 5.97 Å². The first-order chi connectivity index (χ1) is 8.96. The molecule has 0 amide bonds. The first-order valence-electron chi connectivity index (χ1n) is 7.36. The summed E-state index contributed by atoms with van der Waals surface area (Å²) in [4.78, 5) is 16.4. The molecule has 2 N–H and O–H groups in total. The van der Waals surface area contributed by atoms with E-state index in [0.717, 1.165) is 19.6 Å². The number of aliphatic carboxylic acids is 1. The van der Waals surface area contributed by atoms with E-state index < -0.39 is 11.5 Å². The summed E-state index contributed by atoms with van der Waals surface area (Å²) >= 11 is 0. The van der Waals surface area contributed by atoms with Gasteiger partial charge in [-0.3, -0.25) is 14.6 Å². The van der Waals surface area contributed by atoms with Crippen molar-refractivity contribution >= 4 is 5.97 Å². The lowest BCUT2D eigenvalue weighted by Gasteiger charge is -2.42. The first kappa shape index (κ1) is 14.8. The van der Waals surface area contributed by atoms with Gasteiger partial charge in [0.05, 0.1) is 0 Å². The maximum atomic E-state index is 11.4. The fraction of sp³-hybridized carbons (Fsp3) is 0.929. The number of fused-ring (bicyclic) bond motifs is 1. The molecule has 3 atom stereocenters. The second-order valence-corrected chi connectivity index (χ2v) is 6.27. The molecule has 5 nitrogen and oxygen atoms in total. The number of likely N-dealkylation sites (N-methyl/N-ethyl adjacent to an activating group) is 1. The third kappa shape index (κ3) is 3.09. The van der Waals surface area contributed by atoms with E-state index in [1.165, 1.54) is 19.4 Å². The van der Waals surface area contributed by atoms with Crippen LogP contribution in [0.1, 0.15) is 33.1 Å². The van der Waals surface area contributed by atoms with Gasteiger partial charge in [0.15, 0.2) is 0 Å². The lowest BCUT2D eigenvalue weighted by molar-refractivity contribution is -0.144. The molecule has 0 saturated carbocycles. The van der Waals surface area contributed by atoms with E-state index in [2.05, 4.69) is 22.0 Å². The van der Waals surface area contributed by atoms with Crippen molar-refractivity contribution in [1.82, 2.24) is 15.1 Å². The lowest BCUT2D eigenvalue weighted by atomic mass is 9.92. The van der Waals surface area contributed by atoms with Crippen LogP contribution in [-0.4, -0.2) is 71.7 Å². The molecule has 5 heteroatoms. The summed E-state index contributed by atoms with van der Waals surface area (Å²) < 4.78 is 0. The molecular formula is C14H27N3O2. The Morgan fingerprint density at radius 1 is 1.47 bits per heavy atom. The average molecular weight is 269 g/mol. The Hall–Kier alpha value is -0.650. The quantitative estimate of drug-likeness (QED) is 0.766. The van der Waals surface area contributed by atoms with Crippen LogP contribution < -0.4 is 5.32 Å². The van der Waals surface area contributed by atoms with Crippen LogP contribution in [0.15, 0.2) is 0 Å². The van der Waals surface area contributed by atoms with Crippen molar-refractivity contribution in [1.29, 1.82) is 0 Å². The summed E-state index contributed by atoms with van der Waals surface area (Å²) in [5.41, 5.74) is -0.827. The van der Waals surface area contributed by atoms with Crippen LogP contribution in [0.4, 0.5) is 0 Å². The SMILES string of the molecule is CNC(C)(CC(C)N1CCN2CCCC2C1)C(=O)O. The topological polar surface area (TPSA) is 55.8 Å². The minimum Gasteiger partial charge on any atom is -0.480 e. The monoisotopic (exact) mass is 269 g/mol. The summed E-state index contributed by atoms with van der Waals surface area (Å²) in [6.07, 6.45) is 3.26. The number of carbonyl (C=O) groups is 1. The van der Waals surface area contributed by atoms with Crippen LogP contribution in [0.3, 0.4) is 0 Å². The molecule has 2 fully saturated rings. The highest BCUT2D eigenvalue weighted by Gasteiger charge is 2.37. The molecule has 2 aliphatic heterocycles. The molecule has 110 valence electrons. The molecule has 2 rings (SSSR count). The summed E-state index contributed by atoms with van der Waals surface area (Å²) in [7, 11) is 1.73. The van der Waals surface area contributed by atoms with Crippen molar-refractivity contribution in [3.8, 4) is 0 Å². The van der Waals surface area contributed by atoms with E-state index in [9.17, 15) is 9.90 Å². The minimum atomic E-state index is -0.827. The molecule has 0 aromatic heterocycles. The van der Waals surface area contributed by atoms with Gasteiger partial charge in [0.1, 0.15) is 5.54 Å². The highest BCUT2D eigenvalue weighted by Crippen LogP contribution is 2.25. The molecule has 0 aromatic carbocycles. The fourth-order valence-corrected chi connectivity index (χ4v) is 3.43. The summed E-state index contributed by atoms with van der Waals surface area (Å²) in [5, 5.41) is 12.3. The van der Waals surface area contributed by atoms with Gasteiger partial charge in [-0.1, -0.05) is 0 Å². The minimum absolute atomic E-state index is 0.302. The number of piperazine rings is 1. The Kier molecular flexibility index (Phi) is 4.48. The van der Waals surface area contributed by atoms with Crippen LogP contribution in [0.25, 0.3) is 0 Å². The maximum absolute atomic E-state index is 11.4. The van der Waals surface area contributed by atoms with E-state index in [1.54, 1.807) is 14.0 Å². The lowest BCUT2D eigenvalue weighted by Crippen LogP contribution is -2.56. The normalized spacial score (nSPS) is 29.7. The Labute approximate surface area is 115 Å². The molecule has 2 heterocycles. The molecule has 0 radical (unpaired) electrons. The Bertz CT molecular complexity index is 337. The second-order valence-electron chi connectivity index (χ2n) is 6.27. The number of hydrogen-bond donors (Lipinski definition) is 2. The van der Waals surface area contributed by atoms with Crippen molar-refractivity contribution in [2.45, 2.75) is 50.7 Å². The maximum Gasteiger partial charge on any atom is 0.323 e. The molecule has 19 heavy (non-hydrogen) atoms. The molecule has 0 aromatic rings. The predicted molar refractivity (Wildman–Crippen MR) is 75.3 cm³/mol. The van der Waals surface area contributed by atoms with Gasteiger partial charge in [-0.05, 0) is 46.7 Å². The van der Waals surface area contributed by atoms with Crippen molar-refractivity contribution < 1.29 is 9.90 Å². The number of hydrogen-bond acceptors (Lipinski definition) is 4. The number of nitrogens with zero attached hydrogens (tertiary/aromatic N) is 2. The molecule has 2 aliphatic rings. The van der Waals surface area contributed by atoms with Crippen LogP contribution >= 0.6 is 0 Å². The molecule has 0 bridgehead atoms. The third-order valence-electron chi connectivity index (χ3n) is 4.97. The highest BCUT2D eigenvalue weighted by molar-refractivity contribution is 5.78. The van der Waals surface area contributed by atoms with Crippen molar-refractivity contribution in [2.75, 3.05) is 33.2 Å². The van der Waals surface area contributed by atoms with Crippen LogP contribution in [0, 0.1) is 0 Å². The number of nitrogens with one attached hydrogen (secondary N) is 1. The van der Waals surface area contributed by atoms with Gasteiger partial charge in [0.2, 0.25) is 0 Å². The Morgan fingerprint density at radius 3 is 2.84 bits per heavy atom. The zero-order chi connectivity index (χ0) is 14.0. The van der Waals surface area contributed by atoms with Gasteiger partial charge in [-0.2, -0.15) is 0 Å². The summed E-state index contributed by atoms with van der Waals surface area (Å²) in [5.74, 6) is -0.763. The van der Waals surface area contributed by atoms with Crippen molar-refractivity contribution in [2.24, 2.45) is 0 Å². The van der Waals surface area contributed by atoms with Crippen molar-refractivity contribution in [3.05, 3.63) is 0 Å². The number of carboxylic acids is 1. The van der Waals surface area contributed by atoms with E-state index >= 15 is 0 Å². The van der Waals surface area contributed by atoms with Gasteiger partial charge in [0, 0.05) is 31.7 Å². The van der Waals surface area contributed by atoms with Gasteiger partial charge in [-0.25, -0.2) is 0 Å². The molecule has 2 saturated heterocycles. The Morgan fingerprint density at radius 2 is 2.21 bits per heavy atom. The van der Waals surface area contributed by atoms with Gasteiger partial charge in [0.25, 0.3) is 0 Å². The summed E-state index contributed by atoms with van der Waals surface area (Å²) in [6.45, 7) is 8.48. The van der Waals surface area contributed by atoms with Gasteiger partial charge < -0.3 is 10.4 Å². The number of rotatable bonds is 5. The molecule has 0 spiro atoms. The third-order valence-corrected chi connectivity index (χ3v) is 4.97. The van der Waals surface area contributed by atoms with Crippen LogP contribution in [0.2, 0.25) is 0 Å². The smallest absolute Gasteiger partial charge is 0.323 e. The second kappa shape index (κ2) is 5.77. The number of carboxylic acid groups (broad SMARTS) is 1. The van der Waals surface area contributed by atoms with Crippen molar-refractivity contribution in [3.63, 3.8) is 0 Å². The highest BCUT2D eigenvalue weighted by atomic mass is 16.4. The van der Waals surface area contributed by atoms with E-state index in [-0.39, 0.29) is 0 Å². The summed E-state index contributed by atoms with van der Waals surface area (Å²) in [6, 6.07) is 0.998. The fourth-order valence-electron chi connectivity index (χ4n) is 3.43. The van der Waals surface area contributed by atoms with Crippen LogP contribution in [0.5, 0.6) is 0 Å². The van der Waals surface area contributed by atoms with Crippen LogP contribution in [-0.2, 0) is 4.79 Å². The predicted octanol–water partition coefficient (Wildman–Crippen LogP) is 0.608. The zero-order valence-electron chi connectivity index (χ0n) is 12.4. The zero-order valence-corrected chi connectivity index (χ0v) is 12.4. The van der Waals surface area contributed by atoms with E-state index in [4.69, 9.17) is 0 Å². The average Bonchev–Trinajstić information content (AvgIpc) is 2.85.